The second-order valence-electron chi connectivity index (χ2n) is 5.31. The largest absolute Gasteiger partial charge is 0.490 e. The first kappa shape index (κ1) is 20.0. The molecule has 2 aromatic rings. The molecule has 0 saturated heterocycles. The lowest BCUT2D eigenvalue weighted by Gasteiger charge is -2.15. The standard InChI is InChI=1S/C18H19IN2O5/c1-4-25-16-10-12(9-13(19)17(16)26-5-2)18(22)20-14-7-6-8-15(11(14)3)21(23)24/h6-10H,4-5H2,1-3H3,(H,20,22). The second-order valence-corrected chi connectivity index (χ2v) is 6.47. The molecule has 26 heavy (non-hydrogen) atoms. The molecule has 0 aliphatic rings. The predicted octanol–water partition coefficient (Wildman–Crippen LogP) is 4.56. The van der Waals surface area contributed by atoms with E-state index < -0.39 is 4.92 Å². The summed E-state index contributed by atoms with van der Waals surface area (Å²) in [7, 11) is 0. The molecule has 0 saturated carbocycles. The van der Waals surface area contributed by atoms with Crippen molar-refractivity contribution in [1.29, 1.82) is 0 Å². The first-order chi connectivity index (χ1) is 12.4. The number of ether oxygens (including phenoxy) is 2. The van der Waals surface area contributed by atoms with Crippen molar-refractivity contribution in [3.05, 3.63) is 55.1 Å². The molecule has 1 amide bonds. The van der Waals surface area contributed by atoms with Gasteiger partial charge in [-0.05, 0) is 61.6 Å². The molecule has 138 valence electrons. The molecule has 0 heterocycles. The molecule has 0 fully saturated rings. The molecular formula is C18H19IN2O5. The number of halogens is 1. The molecule has 1 N–H and O–H groups in total. The normalized spacial score (nSPS) is 10.3. The number of nitro groups is 1. The van der Waals surface area contributed by atoms with Gasteiger partial charge in [-0.3, -0.25) is 14.9 Å². The minimum absolute atomic E-state index is 0.0425. The fourth-order valence-electron chi connectivity index (χ4n) is 2.40. The highest BCUT2D eigenvalue weighted by Crippen LogP contribution is 2.35. The summed E-state index contributed by atoms with van der Waals surface area (Å²) in [5, 5.41) is 13.8. The summed E-state index contributed by atoms with van der Waals surface area (Å²) in [6.45, 7) is 6.24. The van der Waals surface area contributed by atoms with E-state index in [1.54, 1.807) is 25.1 Å². The smallest absolute Gasteiger partial charge is 0.274 e. The van der Waals surface area contributed by atoms with Gasteiger partial charge in [0, 0.05) is 11.6 Å². The molecule has 0 aliphatic heterocycles. The summed E-state index contributed by atoms with van der Waals surface area (Å²) < 4.78 is 11.9. The van der Waals surface area contributed by atoms with Gasteiger partial charge in [-0.2, -0.15) is 0 Å². The van der Waals surface area contributed by atoms with E-state index in [2.05, 4.69) is 27.9 Å². The van der Waals surface area contributed by atoms with E-state index in [1.165, 1.54) is 12.1 Å². The molecular weight excluding hydrogens is 451 g/mol. The van der Waals surface area contributed by atoms with Gasteiger partial charge in [0.15, 0.2) is 11.5 Å². The number of carbonyl (C=O) groups excluding carboxylic acids is 1. The van der Waals surface area contributed by atoms with Gasteiger partial charge in [0.05, 0.1) is 33.0 Å². The summed E-state index contributed by atoms with van der Waals surface area (Å²) >= 11 is 2.09. The van der Waals surface area contributed by atoms with Crippen LogP contribution >= 0.6 is 22.6 Å². The van der Waals surface area contributed by atoms with Crippen LogP contribution in [-0.4, -0.2) is 24.0 Å². The van der Waals surface area contributed by atoms with E-state index in [0.29, 0.717) is 41.5 Å². The number of rotatable bonds is 7. The number of nitrogens with zero attached hydrogens (tertiary/aromatic N) is 1. The maximum Gasteiger partial charge on any atom is 0.274 e. The van der Waals surface area contributed by atoms with Crippen LogP contribution in [0, 0.1) is 20.6 Å². The Labute approximate surface area is 165 Å². The third kappa shape index (κ3) is 4.43. The van der Waals surface area contributed by atoms with Crippen molar-refractivity contribution in [3.63, 3.8) is 0 Å². The lowest BCUT2D eigenvalue weighted by molar-refractivity contribution is -0.385. The van der Waals surface area contributed by atoms with Crippen molar-refractivity contribution in [2.45, 2.75) is 20.8 Å². The highest BCUT2D eigenvalue weighted by Gasteiger charge is 2.18. The molecule has 0 aromatic heterocycles. The molecule has 0 aliphatic carbocycles. The van der Waals surface area contributed by atoms with Gasteiger partial charge in [0.25, 0.3) is 11.6 Å². The molecule has 0 atom stereocenters. The zero-order chi connectivity index (χ0) is 19.3. The molecule has 0 spiro atoms. The van der Waals surface area contributed by atoms with Crippen LogP contribution in [0.1, 0.15) is 29.8 Å². The number of amides is 1. The lowest BCUT2D eigenvalue weighted by atomic mass is 10.1. The average Bonchev–Trinajstić information content (AvgIpc) is 2.59. The van der Waals surface area contributed by atoms with Crippen LogP contribution in [0.2, 0.25) is 0 Å². The Morgan fingerprint density at radius 1 is 1.23 bits per heavy atom. The quantitative estimate of drug-likeness (QED) is 0.364. The lowest BCUT2D eigenvalue weighted by Crippen LogP contribution is -2.14. The van der Waals surface area contributed by atoms with Crippen molar-refractivity contribution >= 4 is 39.9 Å². The number of anilines is 1. The van der Waals surface area contributed by atoms with Crippen LogP contribution in [0.15, 0.2) is 30.3 Å². The molecule has 0 radical (unpaired) electrons. The molecule has 7 nitrogen and oxygen atoms in total. The highest BCUT2D eigenvalue weighted by molar-refractivity contribution is 14.1. The van der Waals surface area contributed by atoms with Crippen LogP contribution < -0.4 is 14.8 Å². The van der Waals surface area contributed by atoms with Gasteiger partial charge >= 0.3 is 0 Å². The fourth-order valence-corrected chi connectivity index (χ4v) is 3.15. The maximum absolute atomic E-state index is 12.6. The Morgan fingerprint density at radius 2 is 1.92 bits per heavy atom. The first-order valence-electron chi connectivity index (χ1n) is 8.03. The fraction of sp³-hybridized carbons (Fsp3) is 0.278. The topological polar surface area (TPSA) is 90.7 Å². The number of hydrogen-bond acceptors (Lipinski definition) is 5. The Hall–Kier alpha value is -2.36. The van der Waals surface area contributed by atoms with E-state index in [0.717, 1.165) is 3.57 Å². The van der Waals surface area contributed by atoms with E-state index in [4.69, 9.17) is 9.47 Å². The van der Waals surface area contributed by atoms with E-state index in [-0.39, 0.29) is 11.6 Å². The van der Waals surface area contributed by atoms with Crippen molar-refractivity contribution in [2.75, 3.05) is 18.5 Å². The predicted molar refractivity (Wildman–Crippen MR) is 107 cm³/mol. The van der Waals surface area contributed by atoms with Gasteiger partial charge < -0.3 is 14.8 Å². The number of carbonyl (C=O) groups is 1. The van der Waals surface area contributed by atoms with Gasteiger partial charge in [-0.15, -0.1) is 0 Å². The molecule has 2 aromatic carbocycles. The first-order valence-corrected chi connectivity index (χ1v) is 9.11. The van der Waals surface area contributed by atoms with Gasteiger partial charge in [0.1, 0.15) is 0 Å². The number of nitro benzene ring substituents is 1. The van der Waals surface area contributed by atoms with Crippen molar-refractivity contribution < 1.29 is 19.2 Å². The molecule has 8 heteroatoms. The number of hydrogen-bond donors (Lipinski definition) is 1. The van der Waals surface area contributed by atoms with Crippen LogP contribution in [0.5, 0.6) is 11.5 Å². The summed E-state index contributed by atoms with van der Waals surface area (Å²) in [6, 6.07) is 7.87. The van der Waals surface area contributed by atoms with Crippen LogP contribution in [-0.2, 0) is 0 Å². The minimum atomic E-state index is -0.474. The summed E-state index contributed by atoms with van der Waals surface area (Å²) in [6.07, 6.45) is 0. The third-order valence-corrected chi connectivity index (χ3v) is 4.41. The Balaban J connectivity index is 2.36. The Morgan fingerprint density at radius 3 is 2.54 bits per heavy atom. The Bertz CT molecular complexity index is 839. The van der Waals surface area contributed by atoms with Crippen molar-refractivity contribution in [3.8, 4) is 11.5 Å². The van der Waals surface area contributed by atoms with E-state index in [1.807, 2.05) is 13.8 Å². The molecule has 0 bridgehead atoms. The Kier molecular flexibility index (Phi) is 6.78. The second kappa shape index (κ2) is 8.84. The summed E-state index contributed by atoms with van der Waals surface area (Å²) in [4.78, 5) is 23.2. The van der Waals surface area contributed by atoms with E-state index in [9.17, 15) is 14.9 Å². The zero-order valence-corrected chi connectivity index (χ0v) is 16.8. The number of benzene rings is 2. The third-order valence-electron chi connectivity index (χ3n) is 3.61. The summed E-state index contributed by atoms with van der Waals surface area (Å²) in [5.74, 6) is 0.704. The van der Waals surface area contributed by atoms with Gasteiger partial charge in [0.2, 0.25) is 0 Å². The summed E-state index contributed by atoms with van der Waals surface area (Å²) in [5.41, 5.74) is 1.13. The van der Waals surface area contributed by atoms with Crippen LogP contribution in [0.25, 0.3) is 0 Å². The highest BCUT2D eigenvalue weighted by atomic mass is 127. The van der Waals surface area contributed by atoms with Crippen molar-refractivity contribution in [2.24, 2.45) is 0 Å². The average molecular weight is 470 g/mol. The zero-order valence-electron chi connectivity index (χ0n) is 14.7. The van der Waals surface area contributed by atoms with E-state index >= 15 is 0 Å². The van der Waals surface area contributed by atoms with Crippen LogP contribution in [0.3, 0.4) is 0 Å². The molecule has 2 rings (SSSR count). The van der Waals surface area contributed by atoms with Crippen molar-refractivity contribution in [1.82, 2.24) is 0 Å². The van der Waals surface area contributed by atoms with Gasteiger partial charge in [-0.1, -0.05) is 6.07 Å². The molecule has 0 unspecified atom stereocenters. The SMILES string of the molecule is CCOc1cc(C(=O)Nc2cccc([N+](=O)[O-])c2C)cc(I)c1OCC. The minimum Gasteiger partial charge on any atom is -0.490 e. The monoisotopic (exact) mass is 470 g/mol. The van der Waals surface area contributed by atoms with Crippen LogP contribution in [0.4, 0.5) is 11.4 Å². The van der Waals surface area contributed by atoms with Gasteiger partial charge in [-0.25, -0.2) is 0 Å². The maximum atomic E-state index is 12.6. The number of nitrogens with one attached hydrogen (secondary N) is 1.